The molecule has 2 atom stereocenters. The first-order valence-electron chi connectivity index (χ1n) is 8.41. The summed E-state index contributed by atoms with van der Waals surface area (Å²) in [4.78, 5) is 14.8. The minimum Gasteiger partial charge on any atom is -0.321 e. The van der Waals surface area contributed by atoms with Crippen LogP contribution in [0, 0.1) is 5.92 Å². The van der Waals surface area contributed by atoms with Crippen LogP contribution >= 0.6 is 0 Å². The Morgan fingerprint density at radius 2 is 1.86 bits per heavy atom. The molecule has 0 spiro atoms. The number of nitrogens with one attached hydrogen (secondary N) is 1. The SMILES string of the molecule is CCC1NC(c2ccccc2)N(CC2CCCCC2)C1=O. The first kappa shape index (κ1) is 14.6. The summed E-state index contributed by atoms with van der Waals surface area (Å²) in [5.41, 5.74) is 1.21. The molecule has 0 aromatic heterocycles. The second kappa shape index (κ2) is 6.61. The average Bonchev–Trinajstić information content (AvgIpc) is 2.86. The summed E-state index contributed by atoms with van der Waals surface area (Å²) >= 11 is 0. The Morgan fingerprint density at radius 3 is 2.52 bits per heavy atom. The number of hydrogen-bond acceptors (Lipinski definition) is 2. The zero-order valence-electron chi connectivity index (χ0n) is 12.9. The van der Waals surface area contributed by atoms with E-state index in [1.165, 1.54) is 37.7 Å². The predicted molar refractivity (Wildman–Crippen MR) is 84.7 cm³/mol. The maximum atomic E-state index is 12.7. The molecule has 0 bridgehead atoms. The van der Waals surface area contributed by atoms with Gasteiger partial charge >= 0.3 is 0 Å². The molecule has 1 aromatic carbocycles. The highest BCUT2D eigenvalue weighted by atomic mass is 16.2. The smallest absolute Gasteiger partial charge is 0.241 e. The molecule has 1 aromatic rings. The molecule has 0 radical (unpaired) electrons. The highest BCUT2D eigenvalue weighted by molar-refractivity contribution is 5.84. The molecule has 1 amide bonds. The predicted octanol–water partition coefficient (Wildman–Crippen LogP) is 3.48. The fourth-order valence-corrected chi connectivity index (χ4v) is 3.73. The van der Waals surface area contributed by atoms with Crippen LogP contribution in [0.2, 0.25) is 0 Å². The summed E-state index contributed by atoms with van der Waals surface area (Å²) in [5, 5.41) is 3.52. The summed E-state index contributed by atoms with van der Waals surface area (Å²) in [6.07, 6.45) is 7.50. The Morgan fingerprint density at radius 1 is 1.14 bits per heavy atom. The van der Waals surface area contributed by atoms with E-state index in [-0.39, 0.29) is 18.1 Å². The van der Waals surface area contributed by atoms with Gasteiger partial charge in [0.15, 0.2) is 0 Å². The van der Waals surface area contributed by atoms with Crippen molar-refractivity contribution < 1.29 is 4.79 Å². The minimum absolute atomic E-state index is 0.0150. The van der Waals surface area contributed by atoms with Crippen molar-refractivity contribution in [1.82, 2.24) is 10.2 Å². The van der Waals surface area contributed by atoms with Gasteiger partial charge in [0.2, 0.25) is 5.91 Å². The van der Waals surface area contributed by atoms with Crippen LogP contribution in [0.4, 0.5) is 0 Å². The van der Waals surface area contributed by atoms with Gasteiger partial charge in [-0.1, -0.05) is 56.5 Å². The Hall–Kier alpha value is -1.35. The van der Waals surface area contributed by atoms with Gasteiger partial charge in [-0.25, -0.2) is 0 Å². The van der Waals surface area contributed by atoms with Crippen LogP contribution in [0.5, 0.6) is 0 Å². The second-order valence-electron chi connectivity index (χ2n) is 6.44. The third-order valence-electron chi connectivity index (χ3n) is 4.96. The molecule has 2 fully saturated rings. The van der Waals surface area contributed by atoms with E-state index in [0.29, 0.717) is 5.92 Å². The maximum absolute atomic E-state index is 12.7. The number of amides is 1. The number of carbonyl (C=O) groups excluding carboxylic acids is 1. The molecule has 3 heteroatoms. The van der Waals surface area contributed by atoms with E-state index < -0.39 is 0 Å². The maximum Gasteiger partial charge on any atom is 0.241 e. The highest BCUT2D eigenvalue weighted by Crippen LogP contribution is 2.31. The van der Waals surface area contributed by atoms with Crippen LogP contribution in [-0.4, -0.2) is 23.4 Å². The van der Waals surface area contributed by atoms with E-state index in [1.54, 1.807) is 0 Å². The normalized spacial score (nSPS) is 27.3. The van der Waals surface area contributed by atoms with E-state index in [4.69, 9.17) is 0 Å². The molecule has 3 nitrogen and oxygen atoms in total. The van der Waals surface area contributed by atoms with Gasteiger partial charge in [0.1, 0.15) is 6.17 Å². The summed E-state index contributed by atoms with van der Waals surface area (Å²) in [6, 6.07) is 10.4. The van der Waals surface area contributed by atoms with Crippen molar-refractivity contribution in [2.24, 2.45) is 5.92 Å². The second-order valence-corrected chi connectivity index (χ2v) is 6.44. The molecule has 2 unspecified atom stereocenters. The van der Waals surface area contributed by atoms with Gasteiger partial charge in [-0.15, -0.1) is 0 Å². The fourth-order valence-electron chi connectivity index (χ4n) is 3.73. The van der Waals surface area contributed by atoms with Gasteiger partial charge in [-0.05, 0) is 30.7 Å². The van der Waals surface area contributed by atoms with E-state index in [1.807, 2.05) is 6.07 Å². The average molecular weight is 286 g/mol. The van der Waals surface area contributed by atoms with Crippen LogP contribution in [0.25, 0.3) is 0 Å². The van der Waals surface area contributed by atoms with Crippen molar-refractivity contribution in [2.75, 3.05) is 6.54 Å². The quantitative estimate of drug-likeness (QED) is 0.919. The molecule has 1 N–H and O–H groups in total. The van der Waals surface area contributed by atoms with E-state index >= 15 is 0 Å². The van der Waals surface area contributed by atoms with Crippen molar-refractivity contribution in [3.8, 4) is 0 Å². The van der Waals surface area contributed by atoms with Gasteiger partial charge in [-0.2, -0.15) is 0 Å². The topological polar surface area (TPSA) is 32.3 Å². The Labute approximate surface area is 127 Å². The molecule has 1 saturated carbocycles. The van der Waals surface area contributed by atoms with E-state index in [9.17, 15) is 4.79 Å². The van der Waals surface area contributed by atoms with Gasteiger partial charge in [-0.3, -0.25) is 10.1 Å². The lowest BCUT2D eigenvalue weighted by atomic mass is 9.88. The number of nitrogens with zero attached hydrogens (tertiary/aromatic N) is 1. The number of hydrogen-bond donors (Lipinski definition) is 1. The Balaban J connectivity index is 1.77. The molecular weight excluding hydrogens is 260 g/mol. The highest BCUT2D eigenvalue weighted by Gasteiger charge is 2.39. The molecular formula is C18H26N2O. The summed E-state index contributed by atoms with van der Waals surface area (Å²) in [5.74, 6) is 0.975. The van der Waals surface area contributed by atoms with Gasteiger partial charge in [0, 0.05) is 6.54 Å². The fraction of sp³-hybridized carbons (Fsp3) is 0.611. The lowest BCUT2D eigenvalue weighted by Crippen LogP contribution is -2.35. The summed E-state index contributed by atoms with van der Waals surface area (Å²) < 4.78 is 0. The summed E-state index contributed by atoms with van der Waals surface area (Å²) in [6.45, 7) is 3.00. The number of benzene rings is 1. The van der Waals surface area contributed by atoms with Crippen molar-refractivity contribution in [1.29, 1.82) is 0 Å². The molecule has 1 aliphatic carbocycles. The third-order valence-corrected chi connectivity index (χ3v) is 4.96. The molecule has 1 saturated heterocycles. The third kappa shape index (κ3) is 3.13. The minimum atomic E-state index is -0.0150. The van der Waals surface area contributed by atoms with E-state index in [2.05, 4.69) is 41.4 Å². The lowest BCUT2D eigenvalue weighted by molar-refractivity contribution is -0.130. The van der Waals surface area contributed by atoms with Crippen molar-refractivity contribution in [3.05, 3.63) is 35.9 Å². The molecule has 2 aliphatic rings. The van der Waals surface area contributed by atoms with Gasteiger partial charge < -0.3 is 4.90 Å². The van der Waals surface area contributed by atoms with Crippen LogP contribution in [0.1, 0.15) is 57.2 Å². The first-order chi connectivity index (χ1) is 10.3. The standard InChI is InChI=1S/C18H26N2O/c1-2-16-18(21)20(13-14-9-5-3-6-10-14)17(19-16)15-11-7-4-8-12-15/h4,7-8,11-12,14,16-17,19H,2-3,5-6,9-10,13H2,1H3. The number of carbonyl (C=O) groups is 1. The largest absolute Gasteiger partial charge is 0.321 e. The molecule has 3 rings (SSSR count). The van der Waals surface area contributed by atoms with Crippen molar-refractivity contribution >= 4 is 5.91 Å². The van der Waals surface area contributed by atoms with Crippen molar-refractivity contribution in [3.63, 3.8) is 0 Å². The van der Waals surface area contributed by atoms with Crippen LogP contribution < -0.4 is 5.32 Å². The zero-order valence-corrected chi connectivity index (χ0v) is 12.9. The Bertz CT molecular complexity index is 467. The van der Waals surface area contributed by atoms with Crippen LogP contribution in [0.15, 0.2) is 30.3 Å². The zero-order chi connectivity index (χ0) is 14.7. The van der Waals surface area contributed by atoms with Crippen molar-refractivity contribution in [2.45, 2.75) is 57.7 Å². The Kier molecular flexibility index (Phi) is 4.59. The van der Waals surface area contributed by atoms with Crippen LogP contribution in [-0.2, 0) is 4.79 Å². The molecule has 1 aliphatic heterocycles. The number of rotatable bonds is 4. The molecule has 21 heavy (non-hydrogen) atoms. The summed E-state index contributed by atoms with van der Waals surface area (Å²) in [7, 11) is 0. The van der Waals surface area contributed by atoms with Crippen LogP contribution in [0.3, 0.4) is 0 Å². The van der Waals surface area contributed by atoms with Gasteiger partial charge in [0.05, 0.1) is 6.04 Å². The van der Waals surface area contributed by atoms with Gasteiger partial charge in [0.25, 0.3) is 0 Å². The first-order valence-corrected chi connectivity index (χ1v) is 8.41. The molecule has 114 valence electrons. The lowest BCUT2D eigenvalue weighted by Gasteiger charge is -2.30. The monoisotopic (exact) mass is 286 g/mol. The van der Waals surface area contributed by atoms with E-state index in [0.717, 1.165) is 13.0 Å². The molecule has 1 heterocycles.